The van der Waals surface area contributed by atoms with Gasteiger partial charge in [0.1, 0.15) is 0 Å². The van der Waals surface area contributed by atoms with Crippen LogP contribution in [0.25, 0.3) is 6.08 Å². The summed E-state index contributed by atoms with van der Waals surface area (Å²) in [6, 6.07) is 8.82. The zero-order chi connectivity index (χ0) is 16.9. The van der Waals surface area contributed by atoms with Crippen LogP contribution >= 0.6 is 11.3 Å². The van der Waals surface area contributed by atoms with E-state index in [9.17, 15) is 9.59 Å². The zero-order valence-electron chi connectivity index (χ0n) is 12.9. The summed E-state index contributed by atoms with van der Waals surface area (Å²) in [5.41, 5.74) is 0.543. The molecule has 0 aliphatic carbocycles. The van der Waals surface area contributed by atoms with Gasteiger partial charge in [0.15, 0.2) is 17.6 Å². The summed E-state index contributed by atoms with van der Waals surface area (Å²) in [4.78, 5) is 24.8. The highest BCUT2D eigenvalue weighted by Gasteiger charge is 2.19. The Morgan fingerprint density at radius 3 is 2.92 bits per heavy atom. The highest BCUT2D eigenvalue weighted by atomic mass is 32.1. The van der Waals surface area contributed by atoms with Gasteiger partial charge in [-0.15, -0.1) is 11.3 Å². The molecule has 2 heterocycles. The van der Waals surface area contributed by atoms with Gasteiger partial charge in [-0.25, -0.2) is 4.79 Å². The fourth-order valence-electron chi connectivity index (χ4n) is 2.02. The molecule has 1 aliphatic rings. The molecule has 1 N–H and O–H groups in total. The molecule has 0 radical (unpaired) electrons. The number of hydrogen-bond acceptors (Lipinski definition) is 6. The Bertz CT molecular complexity index is 769. The summed E-state index contributed by atoms with van der Waals surface area (Å²) >= 11 is 1.51. The molecule has 124 valence electrons. The molecule has 1 amide bonds. The number of ether oxygens (including phenoxy) is 3. The highest BCUT2D eigenvalue weighted by Crippen LogP contribution is 2.34. The van der Waals surface area contributed by atoms with Gasteiger partial charge in [-0.1, -0.05) is 6.07 Å². The predicted molar refractivity (Wildman–Crippen MR) is 90.1 cm³/mol. The van der Waals surface area contributed by atoms with Crippen molar-refractivity contribution < 1.29 is 23.8 Å². The van der Waals surface area contributed by atoms with Crippen LogP contribution in [-0.4, -0.2) is 24.8 Å². The monoisotopic (exact) mass is 345 g/mol. The van der Waals surface area contributed by atoms with E-state index in [1.807, 2.05) is 17.5 Å². The highest BCUT2D eigenvalue weighted by molar-refractivity contribution is 7.10. The van der Waals surface area contributed by atoms with Crippen molar-refractivity contribution in [2.75, 3.05) is 12.1 Å². The first-order valence-electron chi connectivity index (χ1n) is 7.24. The largest absolute Gasteiger partial charge is 0.454 e. The number of amides is 1. The van der Waals surface area contributed by atoms with Crippen LogP contribution in [0.15, 0.2) is 41.8 Å². The molecule has 0 spiro atoms. The summed E-state index contributed by atoms with van der Waals surface area (Å²) in [6.45, 7) is 1.68. The topological polar surface area (TPSA) is 73.9 Å². The third-order valence-electron chi connectivity index (χ3n) is 3.23. The zero-order valence-corrected chi connectivity index (χ0v) is 13.7. The third-order valence-corrected chi connectivity index (χ3v) is 4.07. The van der Waals surface area contributed by atoms with Crippen LogP contribution in [0.4, 0.5) is 5.69 Å². The molecular formula is C17H15NO5S. The smallest absolute Gasteiger partial charge is 0.331 e. The lowest BCUT2D eigenvalue weighted by molar-refractivity contribution is -0.148. The Morgan fingerprint density at radius 2 is 2.12 bits per heavy atom. The molecule has 6 nitrogen and oxygen atoms in total. The minimum absolute atomic E-state index is 0.164. The number of hydrogen-bond donors (Lipinski definition) is 1. The van der Waals surface area contributed by atoms with E-state index in [4.69, 9.17) is 14.2 Å². The van der Waals surface area contributed by atoms with E-state index in [-0.39, 0.29) is 6.79 Å². The lowest BCUT2D eigenvalue weighted by atomic mass is 10.2. The first-order valence-corrected chi connectivity index (χ1v) is 8.12. The van der Waals surface area contributed by atoms with E-state index in [0.29, 0.717) is 17.2 Å². The normalized spacial score (nSPS) is 13.7. The summed E-state index contributed by atoms with van der Waals surface area (Å²) in [5.74, 6) is 0.200. The number of rotatable bonds is 5. The molecule has 1 aliphatic heterocycles. The minimum Gasteiger partial charge on any atom is -0.454 e. The molecule has 1 aromatic heterocycles. The number of thiophene rings is 1. The molecule has 1 aromatic carbocycles. The average Bonchev–Trinajstić information content (AvgIpc) is 3.23. The second-order valence-electron chi connectivity index (χ2n) is 4.99. The van der Waals surface area contributed by atoms with Gasteiger partial charge in [0.05, 0.1) is 0 Å². The standard InChI is InChI=1S/C17H15NO5S/c1-11(23-16(19)7-5-13-3-2-8-24-13)17(20)18-12-4-6-14-15(9-12)22-10-21-14/h2-9,11H,10H2,1H3,(H,18,20)/b7-5+. The Labute approximate surface area is 142 Å². The van der Waals surface area contributed by atoms with Crippen molar-refractivity contribution in [2.45, 2.75) is 13.0 Å². The molecule has 1 atom stereocenters. The number of carbonyl (C=O) groups is 2. The van der Waals surface area contributed by atoms with Gasteiger partial charge in [-0.2, -0.15) is 0 Å². The van der Waals surface area contributed by atoms with Gasteiger partial charge in [0.2, 0.25) is 6.79 Å². The van der Waals surface area contributed by atoms with Crippen LogP contribution in [0.3, 0.4) is 0 Å². The Hall–Kier alpha value is -2.80. The first kappa shape index (κ1) is 16.1. The fraction of sp³-hybridized carbons (Fsp3) is 0.176. The van der Waals surface area contributed by atoms with Gasteiger partial charge in [0.25, 0.3) is 5.91 Å². The van der Waals surface area contributed by atoms with E-state index in [1.54, 1.807) is 24.3 Å². The van der Waals surface area contributed by atoms with Crippen molar-refractivity contribution >= 4 is 35.0 Å². The van der Waals surface area contributed by atoms with Crippen molar-refractivity contribution in [3.8, 4) is 11.5 Å². The summed E-state index contributed by atoms with van der Waals surface area (Å²) in [7, 11) is 0. The molecule has 0 fully saturated rings. The molecular weight excluding hydrogens is 330 g/mol. The van der Waals surface area contributed by atoms with Crippen LogP contribution in [-0.2, 0) is 14.3 Å². The third kappa shape index (κ3) is 3.94. The summed E-state index contributed by atoms with van der Waals surface area (Å²) in [5, 5.41) is 4.58. The fourth-order valence-corrected chi connectivity index (χ4v) is 2.64. The number of fused-ring (bicyclic) bond motifs is 1. The van der Waals surface area contributed by atoms with Gasteiger partial charge >= 0.3 is 5.97 Å². The van der Waals surface area contributed by atoms with Gasteiger partial charge in [0, 0.05) is 22.7 Å². The lowest BCUT2D eigenvalue weighted by Gasteiger charge is -2.12. The molecule has 0 bridgehead atoms. The van der Waals surface area contributed by atoms with Crippen molar-refractivity contribution in [1.29, 1.82) is 0 Å². The quantitative estimate of drug-likeness (QED) is 0.666. The molecule has 2 aromatic rings. The SMILES string of the molecule is CC(OC(=O)/C=C/c1cccs1)C(=O)Nc1ccc2c(c1)OCO2. The Morgan fingerprint density at radius 1 is 1.29 bits per heavy atom. The van der Waals surface area contributed by atoms with Gasteiger partial charge in [-0.3, -0.25) is 4.79 Å². The van der Waals surface area contributed by atoms with Crippen LogP contribution in [0.2, 0.25) is 0 Å². The summed E-state index contributed by atoms with van der Waals surface area (Å²) in [6.07, 6.45) is 2.03. The number of esters is 1. The number of nitrogens with one attached hydrogen (secondary N) is 1. The second-order valence-corrected chi connectivity index (χ2v) is 5.96. The Kier molecular flexibility index (Phi) is 4.81. The maximum absolute atomic E-state index is 12.1. The Balaban J connectivity index is 1.53. The molecule has 7 heteroatoms. The van der Waals surface area contributed by atoms with Gasteiger partial charge in [-0.05, 0) is 36.6 Å². The molecule has 1 unspecified atom stereocenters. The van der Waals surface area contributed by atoms with Crippen molar-refractivity contribution in [3.05, 3.63) is 46.7 Å². The van der Waals surface area contributed by atoms with Gasteiger partial charge < -0.3 is 19.5 Å². The first-order chi connectivity index (χ1) is 11.6. The van der Waals surface area contributed by atoms with Crippen LogP contribution in [0, 0.1) is 0 Å². The molecule has 0 saturated heterocycles. The number of anilines is 1. The minimum atomic E-state index is -0.920. The van der Waals surface area contributed by atoms with Crippen molar-refractivity contribution in [2.24, 2.45) is 0 Å². The number of benzene rings is 1. The van der Waals surface area contributed by atoms with E-state index in [2.05, 4.69) is 5.32 Å². The second kappa shape index (κ2) is 7.18. The maximum Gasteiger partial charge on any atom is 0.331 e. The van der Waals surface area contributed by atoms with E-state index in [1.165, 1.54) is 24.3 Å². The van der Waals surface area contributed by atoms with Crippen molar-refractivity contribution in [1.82, 2.24) is 0 Å². The average molecular weight is 345 g/mol. The van der Waals surface area contributed by atoms with Crippen molar-refractivity contribution in [3.63, 3.8) is 0 Å². The van der Waals surface area contributed by atoms with Crippen LogP contribution in [0.5, 0.6) is 11.5 Å². The van der Waals surface area contributed by atoms with Crippen LogP contribution < -0.4 is 14.8 Å². The number of carbonyl (C=O) groups excluding carboxylic acids is 2. The maximum atomic E-state index is 12.1. The molecule has 0 saturated carbocycles. The predicted octanol–water partition coefficient (Wildman–Crippen LogP) is 3.06. The summed E-state index contributed by atoms with van der Waals surface area (Å²) < 4.78 is 15.5. The lowest BCUT2D eigenvalue weighted by Crippen LogP contribution is -2.29. The molecule has 24 heavy (non-hydrogen) atoms. The van der Waals surface area contributed by atoms with E-state index in [0.717, 1.165) is 4.88 Å². The van der Waals surface area contributed by atoms with Crippen LogP contribution in [0.1, 0.15) is 11.8 Å². The van der Waals surface area contributed by atoms with E-state index < -0.39 is 18.0 Å². The van der Waals surface area contributed by atoms with E-state index >= 15 is 0 Å². The molecule has 3 rings (SSSR count).